The first kappa shape index (κ1) is 12.7. The Hall–Kier alpha value is -0.710. The van der Waals surface area contributed by atoms with Crippen LogP contribution in [0.3, 0.4) is 0 Å². The molecule has 17 heavy (non-hydrogen) atoms. The third-order valence-electron chi connectivity index (χ3n) is 2.53. The van der Waals surface area contributed by atoms with E-state index in [9.17, 15) is 0 Å². The van der Waals surface area contributed by atoms with Crippen LogP contribution in [-0.4, -0.2) is 4.98 Å². The van der Waals surface area contributed by atoms with Crippen LogP contribution in [0, 0.1) is 0 Å². The van der Waals surface area contributed by atoms with Gasteiger partial charge in [-0.3, -0.25) is 4.98 Å². The van der Waals surface area contributed by atoms with Crippen molar-refractivity contribution in [2.75, 3.05) is 0 Å². The number of hydrogen-bond donors (Lipinski definition) is 1. The second kappa shape index (κ2) is 5.76. The molecular formula is C13H12Br2N2. The molecule has 0 fully saturated rings. The van der Waals surface area contributed by atoms with Gasteiger partial charge in [0.05, 0.1) is 11.7 Å². The Bertz CT molecular complexity index is 497. The molecule has 0 bridgehead atoms. The van der Waals surface area contributed by atoms with Crippen LogP contribution < -0.4 is 5.73 Å². The minimum atomic E-state index is -0.0817. The van der Waals surface area contributed by atoms with E-state index in [-0.39, 0.29) is 6.04 Å². The van der Waals surface area contributed by atoms with E-state index in [0.29, 0.717) is 0 Å². The summed E-state index contributed by atoms with van der Waals surface area (Å²) in [6.07, 6.45) is 2.55. The molecule has 1 aromatic carbocycles. The zero-order valence-corrected chi connectivity index (χ0v) is 12.3. The average molecular weight is 356 g/mol. The number of rotatable bonds is 3. The summed E-state index contributed by atoms with van der Waals surface area (Å²) in [6.45, 7) is 0. The maximum atomic E-state index is 6.15. The predicted molar refractivity (Wildman–Crippen MR) is 76.7 cm³/mol. The second-order valence-electron chi connectivity index (χ2n) is 3.80. The van der Waals surface area contributed by atoms with Gasteiger partial charge in [-0.15, -0.1) is 0 Å². The molecule has 0 saturated heterocycles. The van der Waals surface area contributed by atoms with Gasteiger partial charge >= 0.3 is 0 Å². The van der Waals surface area contributed by atoms with Crippen LogP contribution in [0.5, 0.6) is 0 Å². The first-order valence-corrected chi connectivity index (χ1v) is 6.86. The Kier molecular flexibility index (Phi) is 4.31. The molecule has 4 heteroatoms. The fraction of sp³-hybridized carbons (Fsp3) is 0.154. The summed E-state index contributed by atoms with van der Waals surface area (Å²) in [4.78, 5) is 4.32. The lowest BCUT2D eigenvalue weighted by atomic mass is 10.0. The van der Waals surface area contributed by atoms with E-state index in [1.165, 1.54) is 5.56 Å². The van der Waals surface area contributed by atoms with Gasteiger partial charge in [0, 0.05) is 15.1 Å². The maximum Gasteiger partial charge on any atom is 0.0575 e. The van der Waals surface area contributed by atoms with Crippen molar-refractivity contribution >= 4 is 31.9 Å². The summed E-state index contributed by atoms with van der Waals surface area (Å²) in [7, 11) is 0. The standard InChI is InChI=1S/C13H12Br2N2/c14-10-5-6-13(17-8-10)12(16)7-9-3-1-2-4-11(9)15/h1-6,8,12H,7,16H2. The summed E-state index contributed by atoms with van der Waals surface area (Å²) in [5.41, 5.74) is 8.25. The van der Waals surface area contributed by atoms with Gasteiger partial charge in [-0.2, -0.15) is 0 Å². The first-order valence-electron chi connectivity index (χ1n) is 5.27. The highest BCUT2D eigenvalue weighted by Crippen LogP contribution is 2.22. The fourth-order valence-corrected chi connectivity index (χ4v) is 2.29. The Balaban J connectivity index is 2.14. The lowest BCUT2D eigenvalue weighted by Crippen LogP contribution is -2.15. The molecule has 1 unspecified atom stereocenters. The molecule has 0 radical (unpaired) electrons. The summed E-state index contributed by atoms with van der Waals surface area (Å²) in [5.74, 6) is 0. The minimum Gasteiger partial charge on any atom is -0.322 e. The largest absolute Gasteiger partial charge is 0.322 e. The molecule has 88 valence electrons. The van der Waals surface area contributed by atoms with Gasteiger partial charge in [0.1, 0.15) is 0 Å². The summed E-state index contributed by atoms with van der Waals surface area (Å²) >= 11 is 6.89. The van der Waals surface area contributed by atoms with Crippen molar-refractivity contribution in [3.8, 4) is 0 Å². The zero-order chi connectivity index (χ0) is 12.3. The van der Waals surface area contributed by atoms with Gasteiger partial charge in [-0.25, -0.2) is 0 Å². The number of halogens is 2. The van der Waals surface area contributed by atoms with E-state index in [1.807, 2.05) is 30.3 Å². The highest BCUT2D eigenvalue weighted by Gasteiger charge is 2.10. The number of nitrogens with two attached hydrogens (primary N) is 1. The molecule has 2 nitrogen and oxygen atoms in total. The molecule has 1 aromatic heterocycles. The summed E-state index contributed by atoms with van der Waals surface area (Å²) < 4.78 is 2.06. The molecule has 0 saturated carbocycles. The molecule has 1 heterocycles. The SMILES string of the molecule is NC(Cc1ccccc1Br)c1ccc(Br)cn1. The first-order chi connectivity index (χ1) is 8.16. The molecule has 2 aromatic rings. The van der Waals surface area contributed by atoms with E-state index < -0.39 is 0 Å². The van der Waals surface area contributed by atoms with Gasteiger partial charge in [0.2, 0.25) is 0 Å². The number of hydrogen-bond acceptors (Lipinski definition) is 2. The van der Waals surface area contributed by atoms with Gasteiger partial charge in [-0.1, -0.05) is 34.1 Å². The van der Waals surface area contributed by atoms with E-state index in [1.54, 1.807) is 6.20 Å². The highest BCUT2D eigenvalue weighted by atomic mass is 79.9. The van der Waals surface area contributed by atoms with E-state index in [0.717, 1.165) is 21.1 Å². The molecule has 2 N–H and O–H groups in total. The van der Waals surface area contributed by atoms with E-state index in [4.69, 9.17) is 5.73 Å². The Morgan fingerprint density at radius 1 is 1.12 bits per heavy atom. The van der Waals surface area contributed by atoms with Crippen LogP contribution in [0.15, 0.2) is 51.5 Å². The van der Waals surface area contributed by atoms with Crippen LogP contribution in [0.25, 0.3) is 0 Å². The maximum absolute atomic E-state index is 6.15. The third kappa shape index (κ3) is 3.37. The highest BCUT2D eigenvalue weighted by molar-refractivity contribution is 9.10. The molecule has 0 spiro atoms. The van der Waals surface area contributed by atoms with Gasteiger partial charge in [0.15, 0.2) is 0 Å². The van der Waals surface area contributed by atoms with Gasteiger partial charge < -0.3 is 5.73 Å². The van der Waals surface area contributed by atoms with E-state index in [2.05, 4.69) is 42.9 Å². The molecule has 1 atom stereocenters. The van der Waals surface area contributed by atoms with Gasteiger partial charge in [0.25, 0.3) is 0 Å². The van der Waals surface area contributed by atoms with Crippen molar-refractivity contribution in [2.24, 2.45) is 5.73 Å². The number of aromatic nitrogens is 1. The van der Waals surface area contributed by atoms with Crippen molar-refractivity contribution in [3.05, 3.63) is 62.8 Å². The van der Waals surface area contributed by atoms with Gasteiger partial charge in [-0.05, 0) is 46.1 Å². The Morgan fingerprint density at radius 3 is 2.53 bits per heavy atom. The van der Waals surface area contributed by atoms with Crippen LogP contribution in [-0.2, 0) is 6.42 Å². The molecule has 0 aliphatic rings. The zero-order valence-electron chi connectivity index (χ0n) is 9.11. The van der Waals surface area contributed by atoms with E-state index >= 15 is 0 Å². The normalized spacial score (nSPS) is 12.4. The van der Waals surface area contributed by atoms with Crippen molar-refractivity contribution in [2.45, 2.75) is 12.5 Å². The lowest BCUT2D eigenvalue weighted by molar-refractivity contribution is 0.694. The second-order valence-corrected chi connectivity index (χ2v) is 5.57. The summed E-state index contributed by atoms with van der Waals surface area (Å²) in [5, 5.41) is 0. The Morgan fingerprint density at radius 2 is 1.88 bits per heavy atom. The molecule has 0 aliphatic heterocycles. The molecule has 0 amide bonds. The fourth-order valence-electron chi connectivity index (χ4n) is 1.61. The van der Waals surface area contributed by atoms with Crippen LogP contribution >= 0.6 is 31.9 Å². The minimum absolute atomic E-state index is 0.0817. The van der Waals surface area contributed by atoms with Crippen molar-refractivity contribution in [1.82, 2.24) is 4.98 Å². The van der Waals surface area contributed by atoms with Crippen LogP contribution in [0.2, 0.25) is 0 Å². The smallest absolute Gasteiger partial charge is 0.0575 e. The lowest BCUT2D eigenvalue weighted by Gasteiger charge is -2.12. The molecule has 2 rings (SSSR count). The van der Waals surface area contributed by atoms with Crippen molar-refractivity contribution in [1.29, 1.82) is 0 Å². The topological polar surface area (TPSA) is 38.9 Å². The summed E-state index contributed by atoms with van der Waals surface area (Å²) in [6, 6.07) is 11.9. The number of nitrogens with zero attached hydrogens (tertiary/aromatic N) is 1. The van der Waals surface area contributed by atoms with Crippen molar-refractivity contribution in [3.63, 3.8) is 0 Å². The number of pyridine rings is 1. The number of benzene rings is 1. The molecular weight excluding hydrogens is 344 g/mol. The third-order valence-corrected chi connectivity index (χ3v) is 3.77. The van der Waals surface area contributed by atoms with Crippen LogP contribution in [0.1, 0.15) is 17.3 Å². The monoisotopic (exact) mass is 354 g/mol. The predicted octanol–water partition coefficient (Wildman–Crippen LogP) is 3.85. The quantitative estimate of drug-likeness (QED) is 0.908. The van der Waals surface area contributed by atoms with Crippen LogP contribution in [0.4, 0.5) is 0 Å². The average Bonchev–Trinajstić information content (AvgIpc) is 2.33. The Labute approximate surface area is 118 Å². The van der Waals surface area contributed by atoms with Crippen molar-refractivity contribution < 1.29 is 0 Å². The molecule has 0 aliphatic carbocycles.